The van der Waals surface area contributed by atoms with E-state index < -0.39 is 71.0 Å². The standard InChI is InChI=1S/3C21H17F3N4O2S.C20H16F2N4O3/c1-13(29)27-18-11-20(26-12-25-18)31-17-8-6-16(7-9-17)28-19(30)10-14-2-4-15(5-3-14)21(22,23)24;1-13(29)27-18-11-20(26-12-25-18)31-17-7-5-16(6-8-17)28-19(30)10-14-3-2-4-15(9-14)21(22,23)24;1-13(29)27-18-11-20(26-12-25-18)31-16-8-6-15(7-9-16)28-19(30)10-14-4-2-3-5-17(14)21(22,23)24;1-12(27)25-18-10-20(24-11-23-18)29-14-7-5-13(6-8-14)26-19(28)9-15-16(21)3-2-4-17(15)22/h3*2-9,11-12H,10H2,1H3,(H,28,30)(H,25,26,27,29);2-8,10-11H,9H2,1H3,(H,26,28)(H,23,24,25,27). The van der Waals surface area contributed by atoms with E-state index in [2.05, 4.69) is 82.4 Å². The van der Waals surface area contributed by atoms with Crippen LogP contribution in [-0.4, -0.2) is 87.1 Å². The van der Waals surface area contributed by atoms with Crippen LogP contribution in [0.1, 0.15) is 66.6 Å². The molecular formula is C83H67F11N16O9S3. The van der Waals surface area contributed by atoms with Gasteiger partial charge in [-0.2, -0.15) is 39.5 Å². The predicted octanol–water partition coefficient (Wildman–Crippen LogP) is 18.0. The van der Waals surface area contributed by atoms with Gasteiger partial charge in [-0.3, -0.25) is 38.4 Å². The normalized spacial score (nSPS) is 10.9. The third kappa shape index (κ3) is 31.3. The van der Waals surface area contributed by atoms with E-state index in [1.807, 2.05) is 0 Å². The summed E-state index contributed by atoms with van der Waals surface area (Å²) in [5.74, 6) is -2.27. The van der Waals surface area contributed by atoms with Crippen molar-refractivity contribution in [2.24, 2.45) is 0 Å². The number of amides is 8. The SMILES string of the molecule is CC(=O)Nc1cc(Oc2ccc(NC(=O)Cc3c(F)cccc3F)cc2)ncn1.CC(=O)Nc1cc(Sc2ccc(NC(=O)Cc3ccc(C(F)(F)F)cc3)cc2)ncn1.CC(=O)Nc1cc(Sc2ccc(NC(=O)Cc3cccc(C(F)(F)F)c3)cc2)ncn1.CC(=O)Nc1cc(Sc2ccc(NC(=O)Cc3ccccc3C(F)(F)F)cc2)ncn1. The zero-order valence-electron chi connectivity index (χ0n) is 64.0. The molecule has 39 heteroatoms. The molecule has 12 rings (SSSR count). The van der Waals surface area contributed by atoms with Gasteiger partial charge < -0.3 is 47.3 Å². The third-order valence-corrected chi connectivity index (χ3v) is 18.4. The number of hydrogen-bond donors (Lipinski definition) is 8. The van der Waals surface area contributed by atoms with Crippen molar-refractivity contribution in [2.75, 3.05) is 42.5 Å². The van der Waals surface area contributed by atoms with E-state index in [1.54, 1.807) is 115 Å². The van der Waals surface area contributed by atoms with Crippen LogP contribution in [0.5, 0.6) is 11.6 Å². The molecule has 0 spiro atoms. The Morgan fingerprint density at radius 2 is 0.689 bits per heavy atom. The van der Waals surface area contributed by atoms with Gasteiger partial charge in [-0.05, 0) is 150 Å². The molecule has 0 radical (unpaired) electrons. The van der Waals surface area contributed by atoms with Crippen LogP contribution < -0.4 is 47.3 Å². The Labute approximate surface area is 700 Å². The monoisotopic (exact) mass is 1740 g/mol. The number of nitrogens with one attached hydrogen (secondary N) is 8. The summed E-state index contributed by atoms with van der Waals surface area (Å²) in [4.78, 5) is 128. The summed E-state index contributed by atoms with van der Waals surface area (Å²) >= 11 is 4.02. The van der Waals surface area contributed by atoms with Crippen LogP contribution in [0.15, 0.2) is 267 Å². The minimum Gasteiger partial charge on any atom is -0.439 e. The molecule has 25 nitrogen and oxygen atoms in total. The van der Waals surface area contributed by atoms with E-state index in [0.717, 1.165) is 57.2 Å². The molecule has 122 heavy (non-hydrogen) atoms. The van der Waals surface area contributed by atoms with Gasteiger partial charge in [0.25, 0.3) is 0 Å². The predicted molar refractivity (Wildman–Crippen MR) is 434 cm³/mol. The van der Waals surface area contributed by atoms with Crippen LogP contribution in [0.3, 0.4) is 0 Å². The second-order valence-electron chi connectivity index (χ2n) is 25.3. The molecule has 0 aliphatic carbocycles. The van der Waals surface area contributed by atoms with E-state index in [9.17, 15) is 86.7 Å². The summed E-state index contributed by atoms with van der Waals surface area (Å²) in [6.07, 6.45) is -9.13. The number of anilines is 8. The topological polar surface area (TPSA) is 345 Å². The number of hydrogen-bond acceptors (Lipinski definition) is 20. The van der Waals surface area contributed by atoms with Crippen molar-refractivity contribution in [3.05, 3.63) is 288 Å². The highest BCUT2D eigenvalue weighted by Crippen LogP contribution is 2.36. The maximum absolute atomic E-state index is 13.6. The first-order valence-corrected chi connectivity index (χ1v) is 38.0. The smallest absolute Gasteiger partial charge is 0.416 e. The fourth-order valence-corrected chi connectivity index (χ4v) is 12.7. The summed E-state index contributed by atoms with van der Waals surface area (Å²) in [6.45, 7) is 5.51. The van der Waals surface area contributed by atoms with Crippen molar-refractivity contribution in [1.82, 2.24) is 39.9 Å². The minimum atomic E-state index is -4.52. The second-order valence-corrected chi connectivity index (χ2v) is 28.6. The van der Waals surface area contributed by atoms with E-state index in [0.29, 0.717) is 72.4 Å². The van der Waals surface area contributed by atoms with Crippen LogP contribution in [0, 0.1) is 11.6 Å². The molecule has 0 aliphatic rings. The largest absolute Gasteiger partial charge is 0.439 e. The molecule has 8 aromatic carbocycles. The number of benzene rings is 8. The van der Waals surface area contributed by atoms with Crippen LogP contribution in [0.2, 0.25) is 0 Å². The maximum atomic E-state index is 13.6. The third-order valence-electron chi connectivity index (χ3n) is 15.6. The molecular weight excluding hydrogens is 1670 g/mol. The number of rotatable bonds is 24. The molecule has 8 amide bonds. The first kappa shape index (κ1) is 91.8. The van der Waals surface area contributed by atoms with Crippen molar-refractivity contribution in [3.8, 4) is 11.6 Å². The number of ether oxygens (including phenoxy) is 1. The average molecular weight is 1740 g/mol. The molecule has 0 unspecified atom stereocenters. The number of nitrogens with zero attached hydrogens (tertiary/aromatic N) is 8. The van der Waals surface area contributed by atoms with Gasteiger partial charge in [-0.15, -0.1) is 0 Å². The molecule has 0 saturated carbocycles. The Balaban J connectivity index is 0.000000185. The zero-order chi connectivity index (χ0) is 88.1. The highest BCUT2D eigenvalue weighted by atomic mass is 32.2. The Hall–Kier alpha value is -14.1. The van der Waals surface area contributed by atoms with Gasteiger partial charge in [-0.25, -0.2) is 48.7 Å². The van der Waals surface area contributed by atoms with E-state index in [-0.39, 0.29) is 71.4 Å². The molecule has 0 atom stereocenters. The lowest BCUT2D eigenvalue weighted by Gasteiger charge is -2.12. The number of carbonyl (C=O) groups is 8. The van der Waals surface area contributed by atoms with Crippen molar-refractivity contribution >= 4 is 129 Å². The number of carbonyl (C=O) groups excluding carboxylic acids is 8. The number of halogens is 11. The molecule has 8 N–H and O–H groups in total. The zero-order valence-corrected chi connectivity index (χ0v) is 66.4. The summed E-state index contributed by atoms with van der Waals surface area (Å²) in [7, 11) is 0. The fraction of sp³-hybridized carbons (Fsp3) is 0.133. The quantitative estimate of drug-likeness (QED) is 0.0206. The summed E-state index contributed by atoms with van der Waals surface area (Å²) in [6, 6.07) is 51.0. The molecule has 0 fully saturated rings. The van der Waals surface area contributed by atoms with Gasteiger partial charge in [0.2, 0.25) is 53.1 Å². The number of aromatic nitrogens is 8. The lowest BCUT2D eigenvalue weighted by molar-refractivity contribution is -0.139. The van der Waals surface area contributed by atoms with Gasteiger partial charge in [0.05, 0.1) is 42.4 Å². The lowest BCUT2D eigenvalue weighted by atomic mass is 10.0. The maximum Gasteiger partial charge on any atom is 0.416 e. The Bertz CT molecular complexity index is 5660. The first-order chi connectivity index (χ1) is 58.0. The molecule has 0 saturated heterocycles. The van der Waals surface area contributed by atoms with E-state index >= 15 is 0 Å². The number of alkyl halides is 9. The Morgan fingerprint density at radius 3 is 1.09 bits per heavy atom. The van der Waals surface area contributed by atoms with Gasteiger partial charge in [0, 0.05) is 95.0 Å². The van der Waals surface area contributed by atoms with Crippen LogP contribution >= 0.6 is 35.3 Å². The fourth-order valence-electron chi connectivity index (χ4n) is 10.3. The van der Waals surface area contributed by atoms with Crippen molar-refractivity contribution in [1.29, 1.82) is 0 Å². The van der Waals surface area contributed by atoms with Crippen LogP contribution in [0.4, 0.5) is 94.3 Å². The van der Waals surface area contributed by atoms with Gasteiger partial charge >= 0.3 is 18.5 Å². The molecule has 628 valence electrons. The van der Waals surface area contributed by atoms with Gasteiger partial charge in [0.1, 0.15) is 81.0 Å². The summed E-state index contributed by atoms with van der Waals surface area (Å²) in [5, 5.41) is 22.7. The summed E-state index contributed by atoms with van der Waals surface area (Å²) in [5.41, 5.74) is -0.00710. The minimum absolute atomic E-state index is 0.0402. The highest BCUT2D eigenvalue weighted by Gasteiger charge is 2.34. The average Bonchev–Trinajstić information content (AvgIpc) is 0.815. The van der Waals surface area contributed by atoms with Crippen LogP contribution in [-0.2, 0) is 82.6 Å². The first-order valence-electron chi connectivity index (χ1n) is 35.6. The van der Waals surface area contributed by atoms with E-state index in [1.165, 1.54) is 143 Å². The van der Waals surface area contributed by atoms with Crippen molar-refractivity contribution in [2.45, 2.75) is 102 Å². The van der Waals surface area contributed by atoms with Gasteiger partial charge in [-0.1, -0.05) is 89.9 Å². The van der Waals surface area contributed by atoms with Crippen LogP contribution in [0.25, 0.3) is 0 Å². The van der Waals surface area contributed by atoms with E-state index in [4.69, 9.17) is 4.74 Å². The van der Waals surface area contributed by atoms with Crippen molar-refractivity contribution < 1.29 is 91.4 Å². The Morgan fingerprint density at radius 1 is 0.328 bits per heavy atom. The van der Waals surface area contributed by atoms with Crippen molar-refractivity contribution in [3.63, 3.8) is 0 Å². The second kappa shape index (κ2) is 43.6. The summed E-state index contributed by atoms with van der Waals surface area (Å²) < 4.78 is 148. The van der Waals surface area contributed by atoms with Gasteiger partial charge in [0.15, 0.2) is 0 Å². The lowest BCUT2D eigenvalue weighted by Crippen LogP contribution is -2.17. The molecule has 12 aromatic rings. The molecule has 0 aliphatic heterocycles. The molecule has 0 bridgehead atoms. The molecule has 4 heterocycles. The molecule has 4 aromatic heterocycles. The highest BCUT2D eigenvalue weighted by molar-refractivity contribution is 7.99. The Kier molecular flexibility index (Phi) is 32.8.